The van der Waals surface area contributed by atoms with Crippen molar-refractivity contribution in [3.05, 3.63) is 52.2 Å². The molecule has 0 amide bonds. The zero-order chi connectivity index (χ0) is 15.9. The lowest BCUT2D eigenvalue weighted by atomic mass is 10.0. The predicted octanol–water partition coefficient (Wildman–Crippen LogP) is 3.82. The topological polar surface area (TPSA) is 19.1 Å². The van der Waals surface area contributed by atoms with Crippen LogP contribution in [0.5, 0.6) is 0 Å². The van der Waals surface area contributed by atoms with E-state index in [4.69, 9.17) is 0 Å². The molecule has 0 saturated heterocycles. The minimum absolute atomic E-state index is 0.975. The molecule has 1 aliphatic heterocycles. The van der Waals surface area contributed by atoms with E-state index in [0.29, 0.717) is 0 Å². The van der Waals surface area contributed by atoms with Crippen LogP contribution in [-0.2, 0) is 0 Å². The van der Waals surface area contributed by atoms with E-state index in [2.05, 4.69) is 79.7 Å². The highest BCUT2D eigenvalue weighted by Crippen LogP contribution is 2.27. The van der Waals surface area contributed by atoms with Gasteiger partial charge in [-0.15, -0.1) is 4.98 Å². The second-order valence-corrected chi connectivity index (χ2v) is 6.39. The highest BCUT2D eigenvalue weighted by atomic mass is 15.3. The second-order valence-electron chi connectivity index (χ2n) is 6.39. The third-order valence-electron chi connectivity index (χ3n) is 4.16. The van der Waals surface area contributed by atoms with Crippen molar-refractivity contribution >= 4 is 17.8 Å². The molecule has 0 unspecified atom stereocenters. The van der Waals surface area contributed by atoms with Crippen molar-refractivity contribution in [2.75, 3.05) is 18.0 Å². The molecular formula is C19H24N3+. The summed E-state index contributed by atoms with van der Waals surface area (Å²) in [5.74, 6) is 1.04. The first kappa shape index (κ1) is 14.8. The fourth-order valence-electron chi connectivity index (χ4n) is 3.44. The number of rotatable bonds is 2. The van der Waals surface area contributed by atoms with Crippen LogP contribution in [0.1, 0.15) is 27.9 Å². The summed E-state index contributed by atoms with van der Waals surface area (Å²) >= 11 is 0. The Bertz CT molecular complexity index is 716. The van der Waals surface area contributed by atoms with Gasteiger partial charge in [-0.2, -0.15) is 0 Å². The molecule has 3 rings (SSSR count). The predicted molar refractivity (Wildman–Crippen MR) is 92.6 cm³/mol. The first-order valence-electron chi connectivity index (χ1n) is 7.85. The maximum Gasteiger partial charge on any atom is 0.262 e. The van der Waals surface area contributed by atoms with Gasteiger partial charge in [0.1, 0.15) is 17.9 Å². The minimum atomic E-state index is 0.975. The molecule has 1 aromatic heterocycles. The molecule has 0 saturated carbocycles. The molecule has 0 bridgehead atoms. The summed E-state index contributed by atoms with van der Waals surface area (Å²) in [6, 6.07) is 8.79. The van der Waals surface area contributed by atoms with Gasteiger partial charge >= 0.3 is 0 Å². The van der Waals surface area contributed by atoms with Crippen LogP contribution in [0.4, 0.5) is 11.5 Å². The summed E-state index contributed by atoms with van der Waals surface area (Å²) in [5.41, 5.74) is 7.66. The van der Waals surface area contributed by atoms with E-state index >= 15 is 0 Å². The van der Waals surface area contributed by atoms with E-state index in [1.807, 2.05) is 0 Å². The van der Waals surface area contributed by atoms with E-state index in [-0.39, 0.29) is 0 Å². The van der Waals surface area contributed by atoms with Crippen LogP contribution in [0.2, 0.25) is 0 Å². The number of anilines is 1. The Kier molecular flexibility index (Phi) is 3.73. The van der Waals surface area contributed by atoms with E-state index in [0.717, 1.165) is 24.6 Å². The second kappa shape index (κ2) is 5.56. The summed E-state index contributed by atoms with van der Waals surface area (Å²) < 4.78 is 2.25. The van der Waals surface area contributed by atoms with Crippen molar-refractivity contribution in [2.24, 2.45) is 0 Å². The quantitative estimate of drug-likeness (QED) is 0.784. The summed E-state index contributed by atoms with van der Waals surface area (Å²) in [6.07, 6.45) is 2.20. The number of hydrogen-bond donors (Lipinski definition) is 0. The van der Waals surface area contributed by atoms with Crippen LogP contribution in [0, 0.1) is 34.6 Å². The Morgan fingerprint density at radius 2 is 1.55 bits per heavy atom. The van der Waals surface area contributed by atoms with Crippen LogP contribution >= 0.6 is 0 Å². The molecule has 1 aliphatic rings. The van der Waals surface area contributed by atoms with E-state index in [1.165, 1.54) is 27.9 Å². The maximum atomic E-state index is 4.67. The number of pyridine rings is 1. The summed E-state index contributed by atoms with van der Waals surface area (Å²) in [7, 11) is 0. The van der Waals surface area contributed by atoms with Gasteiger partial charge in [-0.25, -0.2) is 4.58 Å². The smallest absolute Gasteiger partial charge is 0.262 e. The van der Waals surface area contributed by atoms with Gasteiger partial charge in [-0.1, -0.05) is 17.7 Å². The van der Waals surface area contributed by atoms with Gasteiger partial charge in [0.05, 0.1) is 6.54 Å². The van der Waals surface area contributed by atoms with Gasteiger partial charge in [0.15, 0.2) is 6.34 Å². The lowest BCUT2D eigenvalue weighted by molar-refractivity contribution is -0.428. The SMILES string of the molecule is Cc1cc(C)nc([N+]2=CN(c3c(C)cc(C)cc3C)CC2)c1. The van der Waals surface area contributed by atoms with Gasteiger partial charge in [-0.05, 0) is 57.4 Å². The van der Waals surface area contributed by atoms with E-state index < -0.39 is 0 Å². The van der Waals surface area contributed by atoms with Gasteiger partial charge in [0.25, 0.3) is 5.82 Å². The van der Waals surface area contributed by atoms with Crippen LogP contribution in [0.15, 0.2) is 24.3 Å². The lowest BCUT2D eigenvalue weighted by Crippen LogP contribution is -2.20. The number of hydrogen-bond acceptors (Lipinski definition) is 2. The van der Waals surface area contributed by atoms with Gasteiger partial charge in [0.2, 0.25) is 0 Å². The normalized spacial score (nSPS) is 14.4. The lowest BCUT2D eigenvalue weighted by Gasteiger charge is -2.15. The van der Waals surface area contributed by atoms with E-state index in [1.54, 1.807) is 0 Å². The van der Waals surface area contributed by atoms with Crippen molar-refractivity contribution in [1.82, 2.24) is 4.98 Å². The van der Waals surface area contributed by atoms with Crippen LogP contribution < -0.4 is 4.90 Å². The minimum Gasteiger partial charge on any atom is -0.262 e. The number of aryl methyl sites for hydroxylation is 5. The fourth-order valence-corrected chi connectivity index (χ4v) is 3.44. The van der Waals surface area contributed by atoms with Crippen molar-refractivity contribution in [1.29, 1.82) is 0 Å². The van der Waals surface area contributed by atoms with Crippen LogP contribution in [0.3, 0.4) is 0 Å². The average molecular weight is 294 g/mol. The maximum absolute atomic E-state index is 4.67. The van der Waals surface area contributed by atoms with Gasteiger partial charge in [0, 0.05) is 6.07 Å². The zero-order valence-corrected chi connectivity index (χ0v) is 14.1. The third-order valence-corrected chi connectivity index (χ3v) is 4.16. The Morgan fingerprint density at radius 1 is 0.909 bits per heavy atom. The first-order valence-corrected chi connectivity index (χ1v) is 7.85. The van der Waals surface area contributed by atoms with E-state index in [9.17, 15) is 0 Å². The van der Waals surface area contributed by atoms with Gasteiger partial charge in [-0.3, -0.25) is 4.90 Å². The first-order chi connectivity index (χ1) is 10.4. The Balaban J connectivity index is 1.98. The number of benzene rings is 1. The van der Waals surface area contributed by atoms with Crippen molar-refractivity contribution in [3.63, 3.8) is 0 Å². The Hall–Kier alpha value is -2.16. The third kappa shape index (κ3) is 2.76. The highest BCUT2D eigenvalue weighted by molar-refractivity contribution is 5.81. The molecule has 2 aromatic rings. The van der Waals surface area contributed by atoms with Crippen molar-refractivity contribution in [3.8, 4) is 0 Å². The molecule has 3 heteroatoms. The van der Waals surface area contributed by atoms with Crippen molar-refractivity contribution < 1.29 is 4.58 Å². The molecular weight excluding hydrogens is 270 g/mol. The highest BCUT2D eigenvalue weighted by Gasteiger charge is 2.24. The molecule has 0 aliphatic carbocycles. The van der Waals surface area contributed by atoms with Crippen LogP contribution in [0.25, 0.3) is 0 Å². The summed E-state index contributed by atoms with van der Waals surface area (Å²) in [6.45, 7) is 12.7. The Labute approximate surface area is 132 Å². The molecule has 0 fully saturated rings. The average Bonchev–Trinajstić information content (AvgIpc) is 2.85. The van der Waals surface area contributed by atoms with Crippen molar-refractivity contribution in [2.45, 2.75) is 34.6 Å². The standard InChI is InChI=1S/C19H24N3/c1-13-8-15(3)19(16(4)9-13)22-7-6-21(12-22)18-11-14(2)10-17(5)20-18/h8-12H,6-7H2,1-5H3/q+1. The number of nitrogens with zero attached hydrogens (tertiary/aromatic N) is 3. The molecule has 0 spiro atoms. The summed E-state index contributed by atoms with van der Waals surface area (Å²) in [4.78, 5) is 7.02. The van der Waals surface area contributed by atoms with Crippen LogP contribution in [-0.4, -0.2) is 29.0 Å². The molecule has 0 radical (unpaired) electrons. The molecule has 0 atom stereocenters. The molecule has 114 valence electrons. The molecule has 0 N–H and O–H groups in total. The summed E-state index contributed by atoms with van der Waals surface area (Å²) in [5, 5.41) is 0. The molecule has 2 heterocycles. The largest absolute Gasteiger partial charge is 0.262 e. The molecule has 22 heavy (non-hydrogen) atoms. The molecule has 3 nitrogen and oxygen atoms in total. The monoisotopic (exact) mass is 294 g/mol. The zero-order valence-electron chi connectivity index (χ0n) is 14.1. The van der Waals surface area contributed by atoms with Gasteiger partial charge < -0.3 is 0 Å². The Morgan fingerprint density at radius 3 is 2.18 bits per heavy atom. The fraction of sp³-hybridized carbons (Fsp3) is 0.368. The number of aromatic nitrogens is 1. The molecule has 1 aromatic carbocycles.